The first-order valence-electron chi connectivity index (χ1n) is 11.0. The number of hydrogen-bond acceptors (Lipinski definition) is 4. The highest BCUT2D eigenvalue weighted by atomic mass is 16.3. The molecule has 2 aromatic heterocycles. The fourth-order valence-corrected chi connectivity index (χ4v) is 4.00. The van der Waals surface area contributed by atoms with E-state index in [2.05, 4.69) is 52.6 Å². The molecule has 4 rings (SSSR count). The number of amides is 1. The number of carbonyl (C=O) groups excluding carboxylic acids is 1. The van der Waals surface area contributed by atoms with Gasteiger partial charge >= 0.3 is 0 Å². The molecule has 162 valence electrons. The number of aromatic amines is 1. The van der Waals surface area contributed by atoms with Crippen LogP contribution in [0.5, 0.6) is 0 Å². The van der Waals surface area contributed by atoms with Gasteiger partial charge in [0.25, 0.3) is 0 Å². The van der Waals surface area contributed by atoms with Gasteiger partial charge in [0, 0.05) is 41.5 Å². The lowest BCUT2D eigenvalue weighted by molar-refractivity contribution is -0.116. The van der Waals surface area contributed by atoms with Crippen molar-refractivity contribution in [1.29, 1.82) is 0 Å². The van der Waals surface area contributed by atoms with Gasteiger partial charge in [-0.15, -0.1) is 0 Å². The molecule has 0 saturated heterocycles. The third-order valence-electron chi connectivity index (χ3n) is 5.73. The van der Waals surface area contributed by atoms with Crippen molar-refractivity contribution in [2.75, 3.05) is 18.9 Å². The first-order chi connectivity index (χ1) is 15.0. The van der Waals surface area contributed by atoms with Crippen LogP contribution in [0.3, 0.4) is 0 Å². The van der Waals surface area contributed by atoms with E-state index in [0.717, 1.165) is 65.7 Å². The van der Waals surface area contributed by atoms with Gasteiger partial charge in [-0.2, -0.15) is 5.10 Å². The lowest BCUT2D eigenvalue weighted by Gasteiger charge is -2.16. The summed E-state index contributed by atoms with van der Waals surface area (Å²) in [7, 11) is 2.14. The first kappa shape index (κ1) is 21.1. The standard InChI is InChI=1S/C25H30N4O2/c1-4-5-6-25(30)27-20-8-10-24-22(14-20)21(17(2)31-24)11-12-29(3)16-18-7-9-23-19(13-18)15-26-28-23/h7-10,13-15H,4-6,11-12,16H2,1-3H3,(H,26,28)(H,27,30). The van der Waals surface area contributed by atoms with E-state index in [1.807, 2.05) is 31.3 Å². The number of likely N-dealkylation sites (N-methyl/N-ethyl adjacent to an activating group) is 1. The van der Waals surface area contributed by atoms with Gasteiger partial charge in [-0.3, -0.25) is 9.89 Å². The summed E-state index contributed by atoms with van der Waals surface area (Å²) in [5, 5.41) is 12.3. The Hall–Kier alpha value is -3.12. The van der Waals surface area contributed by atoms with Crippen molar-refractivity contribution in [2.45, 2.75) is 46.1 Å². The van der Waals surface area contributed by atoms with E-state index >= 15 is 0 Å². The molecule has 0 fully saturated rings. The third-order valence-corrected chi connectivity index (χ3v) is 5.73. The molecule has 4 aromatic rings. The molecule has 0 atom stereocenters. The Bertz CT molecular complexity index is 1190. The van der Waals surface area contributed by atoms with Crippen LogP contribution in [0.1, 0.15) is 43.1 Å². The van der Waals surface area contributed by atoms with Crippen LogP contribution in [-0.4, -0.2) is 34.6 Å². The molecule has 1 amide bonds. The van der Waals surface area contributed by atoms with Crippen molar-refractivity contribution in [3.05, 3.63) is 59.5 Å². The van der Waals surface area contributed by atoms with E-state index in [9.17, 15) is 4.79 Å². The number of unbranched alkanes of at least 4 members (excludes halogenated alkanes) is 1. The average molecular weight is 419 g/mol. The van der Waals surface area contributed by atoms with E-state index in [-0.39, 0.29) is 5.91 Å². The minimum Gasteiger partial charge on any atom is -0.461 e. The van der Waals surface area contributed by atoms with Crippen LogP contribution in [0, 0.1) is 6.92 Å². The number of benzene rings is 2. The summed E-state index contributed by atoms with van der Waals surface area (Å²) < 4.78 is 5.97. The minimum absolute atomic E-state index is 0.0669. The zero-order valence-corrected chi connectivity index (χ0v) is 18.5. The third kappa shape index (κ3) is 4.97. The van der Waals surface area contributed by atoms with Gasteiger partial charge < -0.3 is 14.6 Å². The zero-order chi connectivity index (χ0) is 21.8. The first-order valence-corrected chi connectivity index (χ1v) is 11.0. The number of fused-ring (bicyclic) bond motifs is 2. The van der Waals surface area contributed by atoms with E-state index in [4.69, 9.17) is 4.42 Å². The molecular formula is C25H30N4O2. The van der Waals surface area contributed by atoms with Crippen molar-refractivity contribution in [3.8, 4) is 0 Å². The molecule has 2 aromatic carbocycles. The van der Waals surface area contributed by atoms with Crippen molar-refractivity contribution in [3.63, 3.8) is 0 Å². The topological polar surface area (TPSA) is 74.2 Å². The molecule has 31 heavy (non-hydrogen) atoms. The highest BCUT2D eigenvalue weighted by Crippen LogP contribution is 2.29. The highest BCUT2D eigenvalue weighted by molar-refractivity contribution is 5.94. The summed E-state index contributed by atoms with van der Waals surface area (Å²) in [6.45, 7) is 5.88. The second kappa shape index (κ2) is 9.35. The maximum absolute atomic E-state index is 12.1. The molecule has 0 saturated carbocycles. The van der Waals surface area contributed by atoms with Crippen LogP contribution < -0.4 is 5.32 Å². The summed E-state index contributed by atoms with van der Waals surface area (Å²) in [5.41, 5.74) is 5.23. The molecule has 0 unspecified atom stereocenters. The molecule has 6 heteroatoms. The monoisotopic (exact) mass is 418 g/mol. The maximum atomic E-state index is 12.1. The van der Waals surface area contributed by atoms with Crippen molar-refractivity contribution in [2.24, 2.45) is 0 Å². The SMILES string of the molecule is CCCCC(=O)Nc1ccc2oc(C)c(CCN(C)Cc3ccc4[nH]ncc4c3)c2c1. The van der Waals surface area contributed by atoms with Crippen LogP contribution in [-0.2, 0) is 17.8 Å². The molecule has 0 aliphatic heterocycles. The number of rotatable bonds is 9. The zero-order valence-electron chi connectivity index (χ0n) is 18.5. The average Bonchev–Trinajstić information content (AvgIpc) is 3.33. The number of furan rings is 1. The summed E-state index contributed by atoms with van der Waals surface area (Å²) >= 11 is 0. The van der Waals surface area contributed by atoms with Gasteiger partial charge in [-0.05, 0) is 62.7 Å². The number of aromatic nitrogens is 2. The van der Waals surface area contributed by atoms with Gasteiger partial charge in [-0.1, -0.05) is 19.4 Å². The number of H-pyrrole nitrogens is 1. The summed E-state index contributed by atoms with van der Waals surface area (Å²) in [5.74, 6) is 1.01. The van der Waals surface area contributed by atoms with Crippen LogP contribution in [0.2, 0.25) is 0 Å². The predicted octanol–water partition coefficient (Wildman–Crippen LogP) is 5.42. The molecule has 0 aliphatic carbocycles. The van der Waals surface area contributed by atoms with Crippen molar-refractivity contribution < 1.29 is 9.21 Å². The van der Waals surface area contributed by atoms with Crippen molar-refractivity contribution in [1.82, 2.24) is 15.1 Å². The molecule has 2 heterocycles. The number of aryl methyl sites for hydroxylation is 1. The summed E-state index contributed by atoms with van der Waals surface area (Å²) in [4.78, 5) is 14.4. The van der Waals surface area contributed by atoms with Crippen LogP contribution in [0.25, 0.3) is 21.9 Å². The van der Waals surface area contributed by atoms with Crippen molar-refractivity contribution >= 4 is 33.5 Å². The molecule has 0 bridgehead atoms. The second-order valence-corrected chi connectivity index (χ2v) is 8.28. The van der Waals surface area contributed by atoms with E-state index in [0.29, 0.717) is 6.42 Å². The van der Waals surface area contributed by atoms with E-state index in [1.54, 1.807) is 0 Å². The summed E-state index contributed by atoms with van der Waals surface area (Å²) in [6, 6.07) is 12.3. The van der Waals surface area contributed by atoms with Gasteiger partial charge in [-0.25, -0.2) is 0 Å². The fourth-order valence-electron chi connectivity index (χ4n) is 4.00. The normalized spacial score (nSPS) is 11.6. The Balaban J connectivity index is 1.43. The number of hydrogen-bond donors (Lipinski definition) is 2. The van der Waals surface area contributed by atoms with Gasteiger partial charge in [0.15, 0.2) is 0 Å². The fraction of sp³-hybridized carbons (Fsp3) is 0.360. The van der Waals surface area contributed by atoms with Gasteiger partial charge in [0.2, 0.25) is 5.91 Å². The lowest BCUT2D eigenvalue weighted by atomic mass is 10.1. The Morgan fingerprint density at radius 1 is 1.23 bits per heavy atom. The van der Waals surface area contributed by atoms with Crippen LogP contribution in [0.4, 0.5) is 5.69 Å². The predicted molar refractivity (Wildman–Crippen MR) is 125 cm³/mol. The van der Waals surface area contributed by atoms with Gasteiger partial charge in [0.05, 0.1) is 11.7 Å². The van der Waals surface area contributed by atoms with E-state index in [1.165, 1.54) is 11.1 Å². The molecule has 2 N–H and O–H groups in total. The van der Waals surface area contributed by atoms with E-state index < -0.39 is 0 Å². The summed E-state index contributed by atoms with van der Waals surface area (Å²) in [6.07, 6.45) is 5.22. The Kier molecular flexibility index (Phi) is 6.37. The molecule has 0 radical (unpaired) electrons. The maximum Gasteiger partial charge on any atom is 0.224 e. The second-order valence-electron chi connectivity index (χ2n) is 8.28. The lowest BCUT2D eigenvalue weighted by Crippen LogP contribution is -2.20. The molecule has 6 nitrogen and oxygen atoms in total. The smallest absolute Gasteiger partial charge is 0.224 e. The Morgan fingerprint density at radius 2 is 2.10 bits per heavy atom. The largest absolute Gasteiger partial charge is 0.461 e. The minimum atomic E-state index is 0.0669. The Labute approximate surface area is 182 Å². The number of nitrogens with zero attached hydrogens (tertiary/aromatic N) is 2. The number of carbonyl (C=O) groups is 1. The molecular weight excluding hydrogens is 388 g/mol. The van der Waals surface area contributed by atoms with Gasteiger partial charge in [0.1, 0.15) is 11.3 Å². The quantitative estimate of drug-likeness (QED) is 0.381. The van der Waals surface area contributed by atoms with Crippen LogP contribution in [0.15, 0.2) is 47.0 Å². The Morgan fingerprint density at radius 3 is 2.94 bits per heavy atom. The number of nitrogens with one attached hydrogen (secondary N) is 2. The highest BCUT2D eigenvalue weighted by Gasteiger charge is 2.13. The molecule has 0 aliphatic rings. The number of anilines is 1. The van der Waals surface area contributed by atoms with Crippen LogP contribution >= 0.6 is 0 Å². The molecule has 0 spiro atoms.